The first-order valence-electron chi connectivity index (χ1n) is 8.47. The van der Waals surface area contributed by atoms with Gasteiger partial charge < -0.3 is 9.64 Å². The van der Waals surface area contributed by atoms with Crippen LogP contribution >= 0.6 is 0 Å². The van der Waals surface area contributed by atoms with Gasteiger partial charge in [-0.15, -0.1) is 0 Å². The third kappa shape index (κ3) is 4.26. The van der Waals surface area contributed by atoms with Crippen LogP contribution in [-0.4, -0.2) is 40.9 Å². The van der Waals surface area contributed by atoms with E-state index >= 15 is 0 Å². The smallest absolute Gasteiger partial charge is 0.271 e. The van der Waals surface area contributed by atoms with Crippen LogP contribution in [0.2, 0.25) is 0 Å². The molecular formula is C18H25N3O2. The molecule has 23 heavy (non-hydrogen) atoms. The summed E-state index contributed by atoms with van der Waals surface area (Å²) in [5, 5.41) is 3.03. The molecule has 0 radical (unpaired) electrons. The van der Waals surface area contributed by atoms with Crippen LogP contribution in [0.25, 0.3) is 5.69 Å². The number of likely N-dealkylation sites (tertiary alicyclic amines) is 1. The number of piperidine rings is 1. The Labute approximate surface area is 136 Å². The number of hydrogen-bond acceptors (Lipinski definition) is 3. The standard InChI is InChI=1S/C18H25N3O2/c1-15-14-18(22)21(19-15)16-6-8-17(9-7-16)23-13-5-12-20-10-3-2-4-11-20/h6-9,14,19H,2-5,10-13H2,1H3. The van der Waals surface area contributed by atoms with Crippen LogP contribution < -0.4 is 10.3 Å². The molecule has 5 nitrogen and oxygen atoms in total. The first kappa shape index (κ1) is 15.9. The van der Waals surface area contributed by atoms with Gasteiger partial charge in [-0.05, 0) is 63.5 Å². The number of rotatable bonds is 6. The second kappa shape index (κ2) is 7.51. The van der Waals surface area contributed by atoms with Crippen molar-refractivity contribution in [2.45, 2.75) is 32.6 Å². The largest absolute Gasteiger partial charge is 0.494 e. The summed E-state index contributed by atoms with van der Waals surface area (Å²) in [6.45, 7) is 6.20. The monoisotopic (exact) mass is 315 g/mol. The molecule has 0 spiro atoms. The van der Waals surface area contributed by atoms with Crippen molar-refractivity contribution in [3.05, 3.63) is 46.4 Å². The molecule has 124 valence electrons. The maximum atomic E-state index is 11.8. The number of aryl methyl sites for hydroxylation is 1. The Morgan fingerprint density at radius 1 is 1.13 bits per heavy atom. The van der Waals surface area contributed by atoms with Gasteiger partial charge in [-0.3, -0.25) is 9.89 Å². The summed E-state index contributed by atoms with van der Waals surface area (Å²) in [6, 6.07) is 9.22. The molecule has 1 aromatic carbocycles. The highest BCUT2D eigenvalue weighted by Gasteiger charge is 2.09. The Balaban J connectivity index is 1.48. The zero-order valence-electron chi connectivity index (χ0n) is 13.8. The van der Waals surface area contributed by atoms with Gasteiger partial charge >= 0.3 is 0 Å². The number of hydrogen-bond donors (Lipinski definition) is 1. The summed E-state index contributed by atoms with van der Waals surface area (Å²) in [6.07, 6.45) is 5.10. The number of benzene rings is 1. The van der Waals surface area contributed by atoms with Gasteiger partial charge in [-0.25, -0.2) is 4.68 Å². The third-order valence-electron chi connectivity index (χ3n) is 4.28. The second-order valence-corrected chi connectivity index (χ2v) is 6.21. The Hall–Kier alpha value is -2.01. The molecule has 5 heteroatoms. The van der Waals surface area contributed by atoms with Gasteiger partial charge in [0.1, 0.15) is 5.75 Å². The van der Waals surface area contributed by atoms with Crippen LogP contribution in [0.3, 0.4) is 0 Å². The summed E-state index contributed by atoms with van der Waals surface area (Å²) < 4.78 is 7.34. The molecule has 0 atom stereocenters. The van der Waals surface area contributed by atoms with E-state index in [1.54, 1.807) is 6.07 Å². The number of H-pyrrole nitrogens is 1. The van der Waals surface area contributed by atoms with Crippen molar-refractivity contribution < 1.29 is 4.74 Å². The highest BCUT2D eigenvalue weighted by molar-refractivity contribution is 5.36. The molecule has 0 bridgehead atoms. The number of nitrogens with one attached hydrogen (secondary N) is 1. The summed E-state index contributed by atoms with van der Waals surface area (Å²) in [5.74, 6) is 0.851. The van der Waals surface area contributed by atoms with Gasteiger partial charge in [0.25, 0.3) is 5.56 Å². The highest BCUT2D eigenvalue weighted by atomic mass is 16.5. The van der Waals surface area contributed by atoms with E-state index in [9.17, 15) is 4.79 Å². The SMILES string of the molecule is Cc1cc(=O)n(-c2ccc(OCCCN3CCCCC3)cc2)[nH]1. The maximum absolute atomic E-state index is 11.8. The number of aromatic amines is 1. The highest BCUT2D eigenvalue weighted by Crippen LogP contribution is 2.15. The van der Waals surface area contributed by atoms with Crippen molar-refractivity contribution in [1.82, 2.24) is 14.7 Å². The predicted molar refractivity (Wildman–Crippen MR) is 91.5 cm³/mol. The van der Waals surface area contributed by atoms with E-state index in [2.05, 4.69) is 10.00 Å². The molecule has 1 saturated heterocycles. The van der Waals surface area contributed by atoms with Crippen LogP contribution in [0.4, 0.5) is 0 Å². The molecule has 1 aliphatic rings. The van der Waals surface area contributed by atoms with E-state index in [1.807, 2.05) is 31.2 Å². The molecular weight excluding hydrogens is 290 g/mol. The van der Waals surface area contributed by atoms with Crippen LogP contribution in [0.15, 0.2) is 35.1 Å². The molecule has 2 heterocycles. The molecule has 2 aromatic rings. The molecule has 1 fully saturated rings. The molecule has 0 unspecified atom stereocenters. The lowest BCUT2D eigenvalue weighted by molar-refractivity contribution is 0.205. The number of aromatic nitrogens is 2. The Morgan fingerprint density at radius 2 is 1.87 bits per heavy atom. The topological polar surface area (TPSA) is 50.3 Å². The molecule has 1 N–H and O–H groups in total. The van der Waals surface area contributed by atoms with E-state index in [-0.39, 0.29) is 5.56 Å². The second-order valence-electron chi connectivity index (χ2n) is 6.21. The normalized spacial score (nSPS) is 15.7. The van der Waals surface area contributed by atoms with Crippen LogP contribution in [0.5, 0.6) is 5.75 Å². The van der Waals surface area contributed by atoms with Crippen molar-refractivity contribution >= 4 is 0 Å². The molecule has 1 aliphatic heterocycles. The van der Waals surface area contributed by atoms with E-state index in [0.717, 1.165) is 36.7 Å². The zero-order chi connectivity index (χ0) is 16.1. The number of nitrogens with zero attached hydrogens (tertiary/aromatic N) is 2. The van der Waals surface area contributed by atoms with Gasteiger partial charge in [-0.1, -0.05) is 6.42 Å². The lowest BCUT2D eigenvalue weighted by atomic mass is 10.1. The minimum atomic E-state index is -0.0438. The van der Waals surface area contributed by atoms with Crippen LogP contribution in [-0.2, 0) is 0 Å². The average Bonchev–Trinajstić information content (AvgIpc) is 2.92. The van der Waals surface area contributed by atoms with E-state index in [0.29, 0.717) is 0 Å². The van der Waals surface area contributed by atoms with Crippen molar-refractivity contribution in [3.63, 3.8) is 0 Å². The maximum Gasteiger partial charge on any atom is 0.271 e. The Kier molecular flexibility index (Phi) is 5.18. The fourth-order valence-corrected chi connectivity index (χ4v) is 3.06. The average molecular weight is 315 g/mol. The lowest BCUT2D eigenvalue weighted by Crippen LogP contribution is -2.31. The van der Waals surface area contributed by atoms with Crippen molar-refractivity contribution in [1.29, 1.82) is 0 Å². The minimum Gasteiger partial charge on any atom is -0.494 e. The van der Waals surface area contributed by atoms with Crippen LogP contribution in [0.1, 0.15) is 31.4 Å². The zero-order valence-corrected chi connectivity index (χ0v) is 13.8. The summed E-state index contributed by atoms with van der Waals surface area (Å²) >= 11 is 0. The van der Waals surface area contributed by atoms with E-state index in [1.165, 1.54) is 37.0 Å². The number of ether oxygens (including phenoxy) is 1. The van der Waals surface area contributed by atoms with Gasteiger partial charge in [0.05, 0.1) is 12.3 Å². The lowest BCUT2D eigenvalue weighted by Gasteiger charge is -2.26. The summed E-state index contributed by atoms with van der Waals surface area (Å²) in [7, 11) is 0. The van der Waals surface area contributed by atoms with E-state index < -0.39 is 0 Å². The first-order valence-corrected chi connectivity index (χ1v) is 8.47. The first-order chi connectivity index (χ1) is 11.2. The predicted octanol–water partition coefficient (Wildman–Crippen LogP) is 2.73. The fourth-order valence-electron chi connectivity index (χ4n) is 3.06. The van der Waals surface area contributed by atoms with Gasteiger partial charge in [-0.2, -0.15) is 0 Å². The van der Waals surface area contributed by atoms with Crippen molar-refractivity contribution in [2.75, 3.05) is 26.2 Å². The van der Waals surface area contributed by atoms with Crippen LogP contribution in [0, 0.1) is 6.92 Å². The Morgan fingerprint density at radius 3 is 2.52 bits per heavy atom. The fraction of sp³-hybridized carbons (Fsp3) is 0.500. The minimum absolute atomic E-state index is 0.0438. The molecule has 3 rings (SSSR count). The molecule has 0 amide bonds. The molecule has 0 saturated carbocycles. The van der Waals surface area contributed by atoms with E-state index in [4.69, 9.17) is 4.74 Å². The van der Waals surface area contributed by atoms with Gasteiger partial charge in [0.15, 0.2) is 0 Å². The Bertz CT molecular complexity index is 666. The van der Waals surface area contributed by atoms with Crippen molar-refractivity contribution in [3.8, 4) is 11.4 Å². The summed E-state index contributed by atoms with van der Waals surface area (Å²) in [4.78, 5) is 14.3. The molecule has 1 aromatic heterocycles. The van der Waals surface area contributed by atoms with Crippen molar-refractivity contribution in [2.24, 2.45) is 0 Å². The van der Waals surface area contributed by atoms with Gasteiger partial charge in [0, 0.05) is 18.3 Å². The quantitative estimate of drug-likeness (QED) is 0.834. The summed E-state index contributed by atoms with van der Waals surface area (Å²) in [5.41, 5.74) is 1.63. The third-order valence-corrected chi connectivity index (χ3v) is 4.28. The van der Waals surface area contributed by atoms with Gasteiger partial charge in [0.2, 0.25) is 0 Å². The molecule has 0 aliphatic carbocycles.